The van der Waals surface area contributed by atoms with Crippen LogP contribution in [0.15, 0.2) is 24.3 Å². The summed E-state index contributed by atoms with van der Waals surface area (Å²) in [5.74, 6) is 0.0293. The van der Waals surface area contributed by atoms with Gasteiger partial charge in [0.25, 0.3) is 5.91 Å². The summed E-state index contributed by atoms with van der Waals surface area (Å²) in [4.78, 5) is 25.9. The average Bonchev–Trinajstić information content (AvgIpc) is 3.34. The van der Waals surface area contributed by atoms with Gasteiger partial charge in [0.2, 0.25) is 0 Å². The molecule has 1 heterocycles. The third kappa shape index (κ3) is 6.04. The molecule has 2 N–H and O–H groups in total. The number of anilines is 1. The van der Waals surface area contributed by atoms with E-state index in [4.69, 9.17) is 21.7 Å². The molecule has 0 saturated carbocycles. The molecule has 31 heavy (non-hydrogen) atoms. The lowest BCUT2D eigenvalue weighted by Gasteiger charge is -2.11. The van der Waals surface area contributed by atoms with Crippen molar-refractivity contribution in [1.82, 2.24) is 5.32 Å². The SMILES string of the molecule is CCCCCCOc1ccc(C(=O)NC(=S)Nc2sc3c(c2C(=O)OC)CCC3)cc1. The Hall–Kier alpha value is -2.45. The zero-order valence-corrected chi connectivity index (χ0v) is 19.5. The van der Waals surface area contributed by atoms with Crippen LogP contribution in [0.4, 0.5) is 5.00 Å². The molecule has 0 saturated heterocycles. The molecule has 0 aliphatic heterocycles. The van der Waals surface area contributed by atoms with Crippen molar-refractivity contribution < 1.29 is 19.1 Å². The Morgan fingerprint density at radius 2 is 1.90 bits per heavy atom. The molecule has 1 aromatic carbocycles. The predicted octanol–water partition coefficient (Wildman–Crippen LogP) is 5.11. The molecular formula is C23H28N2O4S2. The summed E-state index contributed by atoms with van der Waals surface area (Å²) in [6.07, 6.45) is 7.42. The summed E-state index contributed by atoms with van der Waals surface area (Å²) in [5.41, 5.74) is 2.03. The highest BCUT2D eigenvalue weighted by molar-refractivity contribution is 7.80. The average molecular weight is 461 g/mol. The van der Waals surface area contributed by atoms with E-state index in [-0.39, 0.29) is 17.0 Å². The molecule has 0 spiro atoms. The van der Waals surface area contributed by atoms with Gasteiger partial charge < -0.3 is 14.8 Å². The fraction of sp³-hybridized carbons (Fsp3) is 0.435. The number of ether oxygens (including phenoxy) is 2. The lowest BCUT2D eigenvalue weighted by atomic mass is 10.1. The molecule has 0 bridgehead atoms. The molecule has 0 fully saturated rings. The Morgan fingerprint density at radius 3 is 2.61 bits per heavy atom. The molecule has 1 amide bonds. The van der Waals surface area contributed by atoms with Gasteiger partial charge in [-0.3, -0.25) is 10.1 Å². The number of hydrogen-bond acceptors (Lipinski definition) is 6. The minimum Gasteiger partial charge on any atom is -0.494 e. The fourth-order valence-corrected chi connectivity index (χ4v) is 5.08. The summed E-state index contributed by atoms with van der Waals surface area (Å²) in [6, 6.07) is 6.98. The van der Waals surface area contributed by atoms with Gasteiger partial charge in [-0.2, -0.15) is 0 Å². The highest BCUT2D eigenvalue weighted by Gasteiger charge is 2.27. The number of nitrogens with one attached hydrogen (secondary N) is 2. The number of carbonyl (C=O) groups excluding carboxylic acids is 2. The molecule has 1 aliphatic carbocycles. The number of fused-ring (bicyclic) bond motifs is 1. The summed E-state index contributed by atoms with van der Waals surface area (Å²) in [6.45, 7) is 2.85. The molecule has 166 valence electrons. The van der Waals surface area contributed by atoms with Crippen molar-refractivity contribution in [2.45, 2.75) is 51.9 Å². The summed E-state index contributed by atoms with van der Waals surface area (Å²) >= 11 is 6.80. The van der Waals surface area contributed by atoms with E-state index in [1.54, 1.807) is 24.3 Å². The molecule has 2 aromatic rings. The first-order valence-electron chi connectivity index (χ1n) is 10.6. The Labute approximate surface area is 192 Å². The number of rotatable bonds is 9. The van der Waals surface area contributed by atoms with Crippen LogP contribution in [0.5, 0.6) is 5.75 Å². The van der Waals surface area contributed by atoms with Crippen LogP contribution in [-0.2, 0) is 17.6 Å². The number of thiocarbonyl (C=S) groups is 1. The van der Waals surface area contributed by atoms with Crippen molar-refractivity contribution >= 4 is 45.5 Å². The summed E-state index contributed by atoms with van der Waals surface area (Å²) in [5, 5.41) is 6.44. The largest absolute Gasteiger partial charge is 0.494 e. The second kappa shape index (κ2) is 11.2. The highest BCUT2D eigenvalue weighted by Crippen LogP contribution is 2.39. The third-order valence-corrected chi connectivity index (χ3v) is 6.56. The Balaban J connectivity index is 1.55. The van der Waals surface area contributed by atoms with E-state index in [0.29, 0.717) is 22.7 Å². The predicted molar refractivity (Wildman–Crippen MR) is 127 cm³/mol. The minimum absolute atomic E-state index is 0.145. The maximum atomic E-state index is 12.5. The van der Waals surface area contributed by atoms with Gasteiger partial charge in [0, 0.05) is 10.4 Å². The van der Waals surface area contributed by atoms with Gasteiger partial charge in [-0.15, -0.1) is 11.3 Å². The van der Waals surface area contributed by atoms with Crippen molar-refractivity contribution in [1.29, 1.82) is 0 Å². The van der Waals surface area contributed by atoms with Crippen LogP contribution in [0.1, 0.15) is 70.2 Å². The first kappa shape index (κ1) is 23.2. The zero-order chi connectivity index (χ0) is 22.2. The summed E-state index contributed by atoms with van der Waals surface area (Å²) < 4.78 is 10.6. The van der Waals surface area contributed by atoms with Crippen LogP contribution >= 0.6 is 23.6 Å². The van der Waals surface area contributed by atoms with Crippen molar-refractivity contribution in [2.24, 2.45) is 0 Å². The van der Waals surface area contributed by atoms with Gasteiger partial charge >= 0.3 is 5.97 Å². The smallest absolute Gasteiger partial charge is 0.341 e. The number of methoxy groups -OCH3 is 1. The van der Waals surface area contributed by atoms with E-state index >= 15 is 0 Å². The number of esters is 1. The molecule has 6 nitrogen and oxygen atoms in total. The third-order valence-electron chi connectivity index (χ3n) is 5.15. The molecular weight excluding hydrogens is 432 g/mol. The van der Waals surface area contributed by atoms with Crippen molar-refractivity contribution in [3.63, 3.8) is 0 Å². The van der Waals surface area contributed by atoms with E-state index < -0.39 is 0 Å². The van der Waals surface area contributed by atoms with Crippen LogP contribution in [0.3, 0.4) is 0 Å². The number of amides is 1. The van der Waals surface area contributed by atoms with Crippen LogP contribution in [-0.4, -0.2) is 30.7 Å². The van der Waals surface area contributed by atoms with Gasteiger partial charge in [-0.1, -0.05) is 26.2 Å². The fourth-order valence-electron chi connectivity index (χ4n) is 3.54. The summed E-state index contributed by atoms with van der Waals surface area (Å²) in [7, 11) is 1.36. The first-order valence-corrected chi connectivity index (χ1v) is 11.8. The van der Waals surface area contributed by atoms with Crippen LogP contribution in [0.25, 0.3) is 0 Å². The van der Waals surface area contributed by atoms with Crippen LogP contribution in [0.2, 0.25) is 0 Å². The van der Waals surface area contributed by atoms with E-state index in [2.05, 4.69) is 17.6 Å². The monoisotopic (exact) mass is 460 g/mol. The van der Waals surface area contributed by atoms with E-state index in [0.717, 1.165) is 43.4 Å². The van der Waals surface area contributed by atoms with Gasteiger partial charge in [0.15, 0.2) is 5.11 Å². The Bertz CT molecular complexity index is 938. The lowest BCUT2D eigenvalue weighted by molar-refractivity contribution is 0.0601. The van der Waals surface area contributed by atoms with Gasteiger partial charge in [0.05, 0.1) is 19.3 Å². The molecule has 1 aromatic heterocycles. The molecule has 1 aliphatic rings. The van der Waals surface area contributed by atoms with Gasteiger partial charge in [-0.25, -0.2) is 4.79 Å². The van der Waals surface area contributed by atoms with Crippen molar-refractivity contribution in [3.8, 4) is 5.75 Å². The normalized spacial score (nSPS) is 12.2. The Kier molecular flexibility index (Phi) is 8.43. The standard InChI is InChI=1S/C23H28N2O4S2/c1-3-4-5-6-14-29-16-12-10-15(11-13-16)20(26)24-23(30)25-21-19(22(27)28-2)17-8-7-9-18(17)31-21/h10-13H,3-9,14H2,1-2H3,(H2,24,25,26,30). The topological polar surface area (TPSA) is 76.7 Å². The van der Waals surface area contributed by atoms with E-state index in [1.807, 2.05) is 0 Å². The van der Waals surface area contributed by atoms with Gasteiger partial charge in [-0.05, 0) is 67.7 Å². The molecule has 0 radical (unpaired) electrons. The lowest BCUT2D eigenvalue weighted by Crippen LogP contribution is -2.34. The maximum absolute atomic E-state index is 12.5. The van der Waals surface area contributed by atoms with Crippen molar-refractivity contribution in [2.75, 3.05) is 19.0 Å². The number of aryl methyl sites for hydroxylation is 1. The first-order chi connectivity index (χ1) is 15.0. The number of unbranched alkanes of at least 4 members (excludes halogenated alkanes) is 3. The number of benzene rings is 1. The number of thiophene rings is 1. The van der Waals surface area contributed by atoms with E-state index in [1.165, 1.54) is 36.2 Å². The molecule has 0 unspecified atom stereocenters. The second-order valence-corrected chi connectivity index (χ2v) is 8.91. The zero-order valence-electron chi connectivity index (χ0n) is 17.9. The van der Waals surface area contributed by atoms with Crippen LogP contribution in [0, 0.1) is 0 Å². The maximum Gasteiger partial charge on any atom is 0.341 e. The molecule has 3 rings (SSSR count). The number of carbonyl (C=O) groups is 2. The van der Waals surface area contributed by atoms with Crippen molar-refractivity contribution in [3.05, 3.63) is 45.8 Å². The van der Waals surface area contributed by atoms with Crippen LogP contribution < -0.4 is 15.4 Å². The number of hydrogen-bond donors (Lipinski definition) is 2. The quantitative estimate of drug-likeness (QED) is 0.308. The second-order valence-electron chi connectivity index (χ2n) is 7.39. The Morgan fingerprint density at radius 1 is 1.13 bits per heavy atom. The highest BCUT2D eigenvalue weighted by atomic mass is 32.1. The van der Waals surface area contributed by atoms with E-state index in [9.17, 15) is 9.59 Å². The molecule has 0 atom stereocenters. The molecule has 8 heteroatoms. The minimum atomic E-state index is -0.388. The van der Waals surface area contributed by atoms with Gasteiger partial charge in [0.1, 0.15) is 10.8 Å².